The summed E-state index contributed by atoms with van der Waals surface area (Å²) in [6.45, 7) is 4.06. The molecule has 0 atom stereocenters. The molecule has 0 radical (unpaired) electrons. The van der Waals surface area contributed by atoms with Gasteiger partial charge in [0.05, 0.1) is 0 Å². The lowest BCUT2D eigenvalue weighted by atomic mass is 10.1. The first-order valence-electron chi connectivity index (χ1n) is 4.64. The largest absolute Gasteiger partial charge is 0.283 e. The van der Waals surface area contributed by atoms with Crippen LogP contribution in [0.1, 0.15) is 18.1 Å². The van der Waals surface area contributed by atoms with E-state index in [0.29, 0.717) is 5.69 Å². The van der Waals surface area contributed by atoms with E-state index >= 15 is 0 Å². The number of nitrogens with one attached hydrogen (secondary N) is 1. The molecule has 15 heavy (non-hydrogen) atoms. The van der Waals surface area contributed by atoms with Crippen molar-refractivity contribution in [1.29, 1.82) is 0 Å². The molecule has 0 bridgehead atoms. The average Bonchev–Trinajstić information content (AvgIpc) is 2.20. The lowest BCUT2D eigenvalue weighted by Crippen LogP contribution is -2.13. The van der Waals surface area contributed by atoms with Crippen LogP contribution in [0, 0.1) is 6.92 Å². The number of alkyl halides is 1. The molecule has 0 amide bonds. The zero-order valence-electron chi connectivity index (χ0n) is 8.75. The van der Waals surface area contributed by atoms with Crippen LogP contribution in [0.15, 0.2) is 18.2 Å². The quantitative estimate of drug-likeness (QED) is 0.867. The number of hydrogen-bond acceptors (Lipinski definition) is 2. The Balaban J connectivity index is 2.98. The Morgan fingerprint density at radius 3 is 2.60 bits per heavy atom. The molecule has 1 aromatic carbocycles. The summed E-state index contributed by atoms with van der Waals surface area (Å²) in [4.78, 5) is 0. The Morgan fingerprint density at radius 2 is 2.07 bits per heavy atom. The summed E-state index contributed by atoms with van der Waals surface area (Å²) in [5.74, 6) is 0. The van der Waals surface area contributed by atoms with Crippen LogP contribution in [0.2, 0.25) is 0 Å². The van der Waals surface area contributed by atoms with Gasteiger partial charge in [-0.2, -0.15) is 0 Å². The maximum absolute atomic E-state index is 11.3. The standard InChI is InChI=1S/C10H14BrNO2S/c1-3-9-6-10(5-4-8(9)2)12-15(13,14)7-11/h4-6,12H,3,7H2,1-2H3. The predicted octanol–water partition coefficient (Wildman–Crippen LogP) is 2.65. The zero-order valence-corrected chi connectivity index (χ0v) is 11.2. The summed E-state index contributed by atoms with van der Waals surface area (Å²) >= 11 is 2.93. The smallest absolute Gasteiger partial charge is 0.242 e. The van der Waals surface area contributed by atoms with Crippen LogP contribution >= 0.6 is 15.9 Å². The van der Waals surface area contributed by atoms with E-state index in [-0.39, 0.29) is 4.66 Å². The van der Waals surface area contributed by atoms with E-state index in [1.165, 1.54) is 5.56 Å². The third kappa shape index (κ3) is 3.50. The number of hydrogen-bond donors (Lipinski definition) is 1. The molecule has 84 valence electrons. The van der Waals surface area contributed by atoms with E-state index in [2.05, 4.69) is 20.7 Å². The predicted molar refractivity (Wildman–Crippen MR) is 66.9 cm³/mol. The maximum atomic E-state index is 11.3. The van der Waals surface area contributed by atoms with Crippen LogP contribution in [0.4, 0.5) is 5.69 Å². The van der Waals surface area contributed by atoms with Crippen LogP contribution in [-0.4, -0.2) is 13.1 Å². The molecule has 1 rings (SSSR count). The summed E-state index contributed by atoms with van der Waals surface area (Å²) in [7, 11) is -3.24. The highest BCUT2D eigenvalue weighted by Crippen LogP contribution is 2.17. The van der Waals surface area contributed by atoms with Gasteiger partial charge in [0.2, 0.25) is 10.0 Å². The van der Waals surface area contributed by atoms with Gasteiger partial charge in [-0.05, 0) is 36.6 Å². The zero-order chi connectivity index (χ0) is 11.5. The molecule has 0 fully saturated rings. The van der Waals surface area contributed by atoms with Gasteiger partial charge in [0.15, 0.2) is 0 Å². The highest BCUT2D eigenvalue weighted by molar-refractivity contribution is 9.10. The molecule has 1 N–H and O–H groups in total. The lowest BCUT2D eigenvalue weighted by molar-refractivity contribution is 0.606. The fourth-order valence-electron chi connectivity index (χ4n) is 1.32. The Labute approximate surface area is 99.1 Å². The number of benzene rings is 1. The van der Waals surface area contributed by atoms with E-state index in [1.807, 2.05) is 26.0 Å². The molecule has 0 aliphatic carbocycles. The molecule has 0 saturated carbocycles. The first-order chi connectivity index (χ1) is 6.98. The van der Waals surface area contributed by atoms with Gasteiger partial charge in [0.1, 0.15) is 4.66 Å². The average molecular weight is 292 g/mol. The lowest BCUT2D eigenvalue weighted by Gasteiger charge is -2.08. The van der Waals surface area contributed by atoms with Crippen molar-refractivity contribution < 1.29 is 8.42 Å². The molecule has 0 aliphatic heterocycles. The maximum Gasteiger partial charge on any atom is 0.242 e. The van der Waals surface area contributed by atoms with Gasteiger partial charge in [0, 0.05) is 5.69 Å². The van der Waals surface area contributed by atoms with Crippen molar-refractivity contribution in [3.05, 3.63) is 29.3 Å². The Hall–Kier alpha value is -0.550. The summed E-state index contributed by atoms with van der Waals surface area (Å²) in [6, 6.07) is 5.56. The molecule has 0 spiro atoms. The molecule has 0 heterocycles. The van der Waals surface area contributed by atoms with Crippen molar-refractivity contribution in [2.24, 2.45) is 0 Å². The first kappa shape index (κ1) is 12.5. The van der Waals surface area contributed by atoms with E-state index < -0.39 is 10.0 Å². The second kappa shape index (κ2) is 4.99. The molecule has 0 saturated heterocycles. The molecule has 0 aliphatic rings. The minimum Gasteiger partial charge on any atom is -0.283 e. The Morgan fingerprint density at radius 1 is 1.40 bits per heavy atom. The minimum absolute atomic E-state index is 0.0880. The molecule has 0 unspecified atom stereocenters. The molecule has 3 nitrogen and oxygen atoms in total. The third-order valence-corrected chi connectivity index (χ3v) is 4.79. The molecule has 5 heteroatoms. The number of anilines is 1. The number of sulfonamides is 1. The fraction of sp³-hybridized carbons (Fsp3) is 0.400. The summed E-state index contributed by atoms with van der Waals surface area (Å²) in [5.41, 5.74) is 2.96. The van der Waals surface area contributed by atoms with Crippen LogP contribution in [-0.2, 0) is 16.4 Å². The summed E-state index contributed by atoms with van der Waals surface area (Å²) in [6.07, 6.45) is 0.899. The van der Waals surface area contributed by atoms with Crippen molar-refractivity contribution in [3.8, 4) is 0 Å². The molecular weight excluding hydrogens is 278 g/mol. The van der Waals surface area contributed by atoms with Crippen LogP contribution < -0.4 is 4.72 Å². The first-order valence-corrected chi connectivity index (χ1v) is 7.42. The van der Waals surface area contributed by atoms with E-state index in [0.717, 1.165) is 12.0 Å². The third-order valence-electron chi connectivity index (χ3n) is 2.15. The molecule has 1 aromatic rings. The minimum atomic E-state index is -3.24. The second-order valence-electron chi connectivity index (χ2n) is 3.32. The van der Waals surface area contributed by atoms with Gasteiger partial charge >= 0.3 is 0 Å². The monoisotopic (exact) mass is 291 g/mol. The van der Waals surface area contributed by atoms with Crippen molar-refractivity contribution in [2.45, 2.75) is 20.3 Å². The Bertz CT molecular complexity index is 443. The van der Waals surface area contributed by atoms with Crippen molar-refractivity contribution in [1.82, 2.24) is 0 Å². The van der Waals surface area contributed by atoms with Gasteiger partial charge in [-0.1, -0.05) is 28.9 Å². The van der Waals surface area contributed by atoms with Crippen molar-refractivity contribution >= 4 is 31.6 Å². The summed E-state index contributed by atoms with van der Waals surface area (Å²) in [5, 5.41) is 0. The SMILES string of the molecule is CCc1cc(NS(=O)(=O)CBr)ccc1C. The normalized spacial score (nSPS) is 11.4. The highest BCUT2D eigenvalue weighted by atomic mass is 79.9. The number of aryl methyl sites for hydroxylation is 2. The van der Waals surface area contributed by atoms with E-state index in [9.17, 15) is 8.42 Å². The van der Waals surface area contributed by atoms with Gasteiger partial charge in [-0.3, -0.25) is 4.72 Å². The number of rotatable bonds is 4. The van der Waals surface area contributed by atoms with Crippen molar-refractivity contribution in [2.75, 3.05) is 9.38 Å². The van der Waals surface area contributed by atoms with E-state index in [1.54, 1.807) is 6.07 Å². The highest BCUT2D eigenvalue weighted by Gasteiger charge is 2.08. The van der Waals surface area contributed by atoms with Crippen molar-refractivity contribution in [3.63, 3.8) is 0 Å². The van der Waals surface area contributed by atoms with E-state index in [4.69, 9.17) is 0 Å². The number of halogens is 1. The second-order valence-corrected chi connectivity index (χ2v) is 6.35. The van der Waals surface area contributed by atoms with Gasteiger partial charge < -0.3 is 0 Å². The van der Waals surface area contributed by atoms with Crippen LogP contribution in [0.3, 0.4) is 0 Å². The molecular formula is C10H14BrNO2S. The Kier molecular flexibility index (Phi) is 4.16. The van der Waals surface area contributed by atoms with Crippen LogP contribution in [0.25, 0.3) is 0 Å². The van der Waals surface area contributed by atoms with Gasteiger partial charge in [-0.25, -0.2) is 8.42 Å². The summed E-state index contributed by atoms with van der Waals surface area (Å²) < 4.78 is 25.0. The van der Waals surface area contributed by atoms with Crippen LogP contribution in [0.5, 0.6) is 0 Å². The molecule has 0 aromatic heterocycles. The fourth-order valence-corrected chi connectivity index (χ4v) is 2.21. The van der Waals surface area contributed by atoms with Gasteiger partial charge in [-0.15, -0.1) is 0 Å². The topological polar surface area (TPSA) is 46.2 Å². The van der Waals surface area contributed by atoms with Gasteiger partial charge in [0.25, 0.3) is 0 Å².